The summed E-state index contributed by atoms with van der Waals surface area (Å²) in [5.74, 6) is 0. The fraction of sp³-hybridized carbons (Fsp3) is 0.615. The Balaban J connectivity index is 1.85. The second-order valence-corrected chi connectivity index (χ2v) is 4.37. The van der Waals surface area contributed by atoms with Gasteiger partial charge in [-0.05, 0) is 32.0 Å². The average Bonchev–Trinajstić information content (AvgIpc) is 2.80. The highest BCUT2D eigenvalue weighted by Crippen LogP contribution is 2.21. The van der Waals surface area contributed by atoms with E-state index in [9.17, 15) is 0 Å². The van der Waals surface area contributed by atoms with Crippen LogP contribution in [0.3, 0.4) is 0 Å². The first-order valence-electron chi connectivity index (χ1n) is 6.09. The Hall–Kier alpha value is -0.930. The molecular weight excluding hydrogens is 200 g/mol. The van der Waals surface area contributed by atoms with Crippen molar-refractivity contribution < 1.29 is 4.74 Å². The molecular formula is C13H20N2O. The molecule has 0 radical (unpaired) electrons. The van der Waals surface area contributed by atoms with Crippen LogP contribution in [0.1, 0.15) is 37.1 Å². The summed E-state index contributed by atoms with van der Waals surface area (Å²) in [4.78, 5) is 4.54. The van der Waals surface area contributed by atoms with E-state index in [2.05, 4.69) is 10.3 Å². The monoisotopic (exact) mass is 220 g/mol. The van der Waals surface area contributed by atoms with Crippen molar-refractivity contribution in [2.45, 2.75) is 44.9 Å². The van der Waals surface area contributed by atoms with E-state index < -0.39 is 0 Å². The molecule has 1 aliphatic carbocycles. The fourth-order valence-electron chi connectivity index (χ4n) is 2.15. The van der Waals surface area contributed by atoms with Crippen molar-refractivity contribution in [3.05, 3.63) is 29.6 Å². The van der Waals surface area contributed by atoms with Gasteiger partial charge in [-0.15, -0.1) is 0 Å². The number of nitrogens with zero attached hydrogens (tertiary/aromatic N) is 1. The van der Waals surface area contributed by atoms with Crippen molar-refractivity contribution in [1.29, 1.82) is 0 Å². The van der Waals surface area contributed by atoms with Crippen LogP contribution in [-0.2, 0) is 17.9 Å². The Labute approximate surface area is 97.2 Å². The third-order valence-electron chi connectivity index (χ3n) is 2.99. The minimum Gasteiger partial charge on any atom is -0.372 e. The Morgan fingerprint density at radius 2 is 2.06 bits per heavy atom. The highest BCUT2D eigenvalue weighted by atomic mass is 16.5. The Morgan fingerprint density at radius 1 is 1.31 bits per heavy atom. The topological polar surface area (TPSA) is 34.1 Å². The zero-order valence-corrected chi connectivity index (χ0v) is 9.91. The molecule has 0 aliphatic heterocycles. The summed E-state index contributed by atoms with van der Waals surface area (Å²) in [6, 6.07) is 6.12. The van der Waals surface area contributed by atoms with E-state index in [0.717, 1.165) is 17.9 Å². The highest BCUT2D eigenvalue weighted by Gasteiger charge is 2.15. The fourth-order valence-corrected chi connectivity index (χ4v) is 2.15. The van der Waals surface area contributed by atoms with Crippen LogP contribution in [0.25, 0.3) is 0 Å². The van der Waals surface area contributed by atoms with Crippen LogP contribution in [0.2, 0.25) is 0 Å². The van der Waals surface area contributed by atoms with Gasteiger partial charge in [-0.3, -0.25) is 4.98 Å². The third kappa shape index (κ3) is 3.29. The van der Waals surface area contributed by atoms with Gasteiger partial charge in [0.15, 0.2) is 0 Å². The van der Waals surface area contributed by atoms with Crippen LogP contribution >= 0.6 is 0 Å². The molecule has 1 fully saturated rings. The van der Waals surface area contributed by atoms with Gasteiger partial charge in [0.05, 0.1) is 24.1 Å². The molecule has 1 N–H and O–H groups in total. The maximum Gasteiger partial charge on any atom is 0.0891 e. The summed E-state index contributed by atoms with van der Waals surface area (Å²) in [5, 5.41) is 3.11. The van der Waals surface area contributed by atoms with Crippen LogP contribution in [0, 0.1) is 0 Å². The van der Waals surface area contributed by atoms with Crippen molar-refractivity contribution in [3.63, 3.8) is 0 Å². The molecule has 2 rings (SSSR count). The van der Waals surface area contributed by atoms with Crippen LogP contribution in [0.15, 0.2) is 18.2 Å². The van der Waals surface area contributed by atoms with Crippen molar-refractivity contribution in [3.8, 4) is 0 Å². The van der Waals surface area contributed by atoms with E-state index >= 15 is 0 Å². The molecule has 0 bridgehead atoms. The van der Waals surface area contributed by atoms with Crippen molar-refractivity contribution in [2.75, 3.05) is 7.05 Å². The maximum atomic E-state index is 5.84. The van der Waals surface area contributed by atoms with Gasteiger partial charge in [0.25, 0.3) is 0 Å². The molecule has 3 nitrogen and oxygen atoms in total. The third-order valence-corrected chi connectivity index (χ3v) is 2.99. The molecule has 0 unspecified atom stereocenters. The molecule has 0 spiro atoms. The molecule has 88 valence electrons. The standard InChI is InChI=1S/C13H20N2O/c1-14-9-11-5-4-6-12(15-11)10-16-13-7-2-3-8-13/h4-6,13-14H,2-3,7-10H2,1H3. The number of pyridine rings is 1. The van der Waals surface area contributed by atoms with Gasteiger partial charge in [0.2, 0.25) is 0 Å². The number of hydrogen-bond donors (Lipinski definition) is 1. The molecule has 3 heteroatoms. The smallest absolute Gasteiger partial charge is 0.0891 e. The first-order chi connectivity index (χ1) is 7.88. The molecule has 0 saturated heterocycles. The van der Waals surface area contributed by atoms with E-state index in [1.807, 2.05) is 25.2 Å². The molecule has 16 heavy (non-hydrogen) atoms. The van der Waals surface area contributed by atoms with Crippen LogP contribution in [0.5, 0.6) is 0 Å². The van der Waals surface area contributed by atoms with Crippen LogP contribution in [0.4, 0.5) is 0 Å². The van der Waals surface area contributed by atoms with Gasteiger partial charge >= 0.3 is 0 Å². The van der Waals surface area contributed by atoms with E-state index in [4.69, 9.17) is 4.74 Å². The van der Waals surface area contributed by atoms with E-state index in [1.165, 1.54) is 25.7 Å². The van der Waals surface area contributed by atoms with Gasteiger partial charge in [0.1, 0.15) is 0 Å². The van der Waals surface area contributed by atoms with Gasteiger partial charge < -0.3 is 10.1 Å². The average molecular weight is 220 g/mol. The first kappa shape index (κ1) is 11.6. The summed E-state index contributed by atoms with van der Waals surface area (Å²) >= 11 is 0. The Bertz CT molecular complexity index is 321. The SMILES string of the molecule is CNCc1cccc(COC2CCCC2)n1. The van der Waals surface area contributed by atoms with Gasteiger partial charge in [-0.1, -0.05) is 18.9 Å². The number of nitrogens with one attached hydrogen (secondary N) is 1. The van der Waals surface area contributed by atoms with E-state index in [-0.39, 0.29) is 0 Å². The molecule has 1 aliphatic rings. The van der Waals surface area contributed by atoms with Crippen LogP contribution < -0.4 is 5.32 Å². The second-order valence-electron chi connectivity index (χ2n) is 4.37. The normalized spacial score (nSPS) is 16.8. The van der Waals surface area contributed by atoms with E-state index in [0.29, 0.717) is 12.7 Å². The lowest BCUT2D eigenvalue weighted by Gasteiger charge is -2.11. The Kier molecular flexibility index (Phi) is 4.31. The quantitative estimate of drug-likeness (QED) is 0.826. The molecule has 1 heterocycles. The highest BCUT2D eigenvalue weighted by molar-refractivity contribution is 5.10. The summed E-state index contributed by atoms with van der Waals surface area (Å²) in [5.41, 5.74) is 2.12. The van der Waals surface area contributed by atoms with Gasteiger partial charge in [-0.25, -0.2) is 0 Å². The Morgan fingerprint density at radius 3 is 2.81 bits per heavy atom. The van der Waals surface area contributed by atoms with Gasteiger partial charge in [-0.2, -0.15) is 0 Å². The largest absolute Gasteiger partial charge is 0.372 e. The molecule has 1 aromatic rings. The zero-order chi connectivity index (χ0) is 11.2. The summed E-state index contributed by atoms with van der Waals surface area (Å²) in [7, 11) is 1.93. The predicted octanol–water partition coefficient (Wildman–Crippen LogP) is 2.26. The lowest BCUT2D eigenvalue weighted by Crippen LogP contribution is -2.10. The number of aromatic nitrogens is 1. The van der Waals surface area contributed by atoms with Gasteiger partial charge in [0, 0.05) is 6.54 Å². The maximum absolute atomic E-state index is 5.84. The molecule has 0 atom stereocenters. The molecule has 1 aromatic heterocycles. The van der Waals surface area contributed by atoms with Crippen LogP contribution in [-0.4, -0.2) is 18.1 Å². The lowest BCUT2D eigenvalue weighted by atomic mass is 10.3. The van der Waals surface area contributed by atoms with Crippen molar-refractivity contribution in [2.24, 2.45) is 0 Å². The number of hydrogen-bond acceptors (Lipinski definition) is 3. The van der Waals surface area contributed by atoms with Crippen molar-refractivity contribution >= 4 is 0 Å². The minimum absolute atomic E-state index is 0.467. The summed E-state index contributed by atoms with van der Waals surface area (Å²) < 4.78 is 5.84. The summed E-state index contributed by atoms with van der Waals surface area (Å²) in [6.45, 7) is 1.47. The number of ether oxygens (including phenoxy) is 1. The zero-order valence-electron chi connectivity index (χ0n) is 9.91. The molecule has 0 amide bonds. The lowest BCUT2D eigenvalue weighted by molar-refractivity contribution is 0.0437. The first-order valence-corrected chi connectivity index (χ1v) is 6.09. The predicted molar refractivity (Wildman–Crippen MR) is 64.0 cm³/mol. The van der Waals surface area contributed by atoms with Crippen molar-refractivity contribution in [1.82, 2.24) is 10.3 Å². The number of rotatable bonds is 5. The minimum atomic E-state index is 0.467. The summed E-state index contributed by atoms with van der Waals surface area (Å²) in [6.07, 6.45) is 5.54. The molecule has 0 aromatic carbocycles. The second kappa shape index (κ2) is 5.97. The molecule has 1 saturated carbocycles. The van der Waals surface area contributed by atoms with E-state index in [1.54, 1.807) is 0 Å².